The highest BCUT2D eigenvalue weighted by Crippen LogP contribution is 2.30. The van der Waals surface area contributed by atoms with E-state index in [2.05, 4.69) is 6.07 Å². The Morgan fingerprint density at radius 3 is 2.42 bits per heavy atom. The summed E-state index contributed by atoms with van der Waals surface area (Å²) in [6, 6.07) is 6.02. The average molecular weight is 489 g/mol. The van der Waals surface area contributed by atoms with Gasteiger partial charge in [-0.25, -0.2) is 9.78 Å². The van der Waals surface area contributed by atoms with Gasteiger partial charge in [-0.2, -0.15) is 0 Å². The maximum Gasteiger partial charge on any atom is 0.409 e. The van der Waals surface area contributed by atoms with Crippen LogP contribution in [0.3, 0.4) is 0 Å². The predicted octanol–water partition coefficient (Wildman–Crippen LogP) is 2.89. The summed E-state index contributed by atoms with van der Waals surface area (Å²) in [7, 11) is 0. The van der Waals surface area contributed by atoms with E-state index in [-0.39, 0.29) is 23.3 Å². The van der Waals surface area contributed by atoms with Crippen molar-refractivity contribution in [3.05, 3.63) is 45.4 Å². The number of carbonyl (C=O) groups excluding carboxylic acids is 2. The Morgan fingerprint density at radius 2 is 1.76 bits per heavy atom. The molecule has 176 valence electrons. The minimum atomic E-state index is -0.336. The first-order chi connectivity index (χ1) is 15.9. The molecule has 1 aromatic carbocycles. The highest BCUT2D eigenvalue weighted by molar-refractivity contribution is 8.00. The van der Waals surface area contributed by atoms with Crippen LogP contribution in [0.4, 0.5) is 4.79 Å². The van der Waals surface area contributed by atoms with Crippen molar-refractivity contribution in [1.82, 2.24) is 19.4 Å². The van der Waals surface area contributed by atoms with Crippen LogP contribution in [0.15, 0.2) is 33.0 Å². The minimum absolute atomic E-state index is 0.0281. The summed E-state index contributed by atoms with van der Waals surface area (Å²) in [5.74, 6) is 1.00. The number of aromatic nitrogens is 2. The molecule has 0 bridgehead atoms. The fourth-order valence-corrected chi connectivity index (χ4v) is 6.02. The molecule has 1 fully saturated rings. The quantitative estimate of drug-likeness (QED) is 0.473. The number of rotatable bonds is 5. The van der Waals surface area contributed by atoms with Crippen molar-refractivity contribution in [3.63, 3.8) is 0 Å². The zero-order valence-corrected chi connectivity index (χ0v) is 20.8. The molecule has 3 heterocycles. The molecular weight excluding hydrogens is 460 g/mol. The van der Waals surface area contributed by atoms with Gasteiger partial charge in [0.2, 0.25) is 5.91 Å². The molecule has 1 saturated heterocycles. The van der Waals surface area contributed by atoms with Crippen LogP contribution in [-0.4, -0.2) is 75.6 Å². The number of hydrogen-bond donors (Lipinski definition) is 0. The van der Waals surface area contributed by atoms with Gasteiger partial charge in [-0.15, -0.1) is 11.8 Å². The number of ether oxygens (including phenoxy) is 1. The van der Waals surface area contributed by atoms with Gasteiger partial charge in [-0.3, -0.25) is 14.2 Å². The number of aryl methyl sites for hydroxylation is 3. The predicted molar refractivity (Wildman–Crippen MR) is 130 cm³/mol. The highest BCUT2D eigenvalue weighted by Gasteiger charge is 2.27. The zero-order valence-electron chi connectivity index (χ0n) is 19.1. The third-order valence-corrected chi connectivity index (χ3v) is 7.64. The molecule has 0 saturated carbocycles. The Morgan fingerprint density at radius 1 is 1.09 bits per heavy atom. The number of piperazine rings is 1. The molecule has 10 heteroatoms. The molecule has 0 N–H and O–H groups in total. The van der Waals surface area contributed by atoms with Crippen LogP contribution in [0.5, 0.6) is 0 Å². The molecular formula is C23H28N4O4S2. The number of benzene rings is 1. The molecule has 0 atom stereocenters. The molecule has 2 amide bonds. The van der Waals surface area contributed by atoms with Gasteiger partial charge in [0.15, 0.2) is 5.16 Å². The maximum atomic E-state index is 13.3. The molecule has 2 aliphatic heterocycles. The van der Waals surface area contributed by atoms with Crippen molar-refractivity contribution in [2.45, 2.75) is 37.2 Å². The Balaban J connectivity index is 1.52. The molecule has 1 aromatic heterocycles. The van der Waals surface area contributed by atoms with E-state index in [1.54, 1.807) is 33.1 Å². The van der Waals surface area contributed by atoms with Gasteiger partial charge in [0.1, 0.15) is 0 Å². The van der Waals surface area contributed by atoms with Crippen LogP contribution in [0.2, 0.25) is 0 Å². The summed E-state index contributed by atoms with van der Waals surface area (Å²) in [6.07, 6.45) is 0.428. The molecule has 0 aliphatic carbocycles. The number of nitrogens with zero attached hydrogens (tertiary/aromatic N) is 4. The third-order valence-electron chi connectivity index (χ3n) is 5.61. The molecule has 2 aromatic rings. The average Bonchev–Trinajstić information content (AvgIpc) is 3.26. The first-order valence-electron chi connectivity index (χ1n) is 11.1. The van der Waals surface area contributed by atoms with E-state index in [0.29, 0.717) is 42.8 Å². The lowest BCUT2D eigenvalue weighted by Gasteiger charge is -2.34. The van der Waals surface area contributed by atoms with E-state index in [1.165, 1.54) is 11.8 Å². The summed E-state index contributed by atoms with van der Waals surface area (Å²) in [6.45, 7) is 7.97. The van der Waals surface area contributed by atoms with Crippen molar-refractivity contribution in [3.8, 4) is 5.69 Å². The second-order valence-electron chi connectivity index (χ2n) is 8.11. The molecule has 0 unspecified atom stereocenters. The van der Waals surface area contributed by atoms with Crippen LogP contribution in [0, 0.1) is 13.8 Å². The molecule has 2 aliphatic rings. The van der Waals surface area contributed by atoms with Gasteiger partial charge in [-0.05, 0) is 44.0 Å². The maximum absolute atomic E-state index is 13.3. The Labute approximate surface area is 201 Å². The van der Waals surface area contributed by atoms with E-state index in [0.717, 1.165) is 34.7 Å². The molecule has 0 radical (unpaired) electrons. The third kappa shape index (κ3) is 5.22. The number of amides is 2. The van der Waals surface area contributed by atoms with Crippen molar-refractivity contribution in [2.24, 2.45) is 0 Å². The number of hydrogen-bond acceptors (Lipinski definition) is 7. The Hall–Kier alpha value is -2.46. The normalized spacial score (nSPS) is 15.5. The van der Waals surface area contributed by atoms with E-state index in [9.17, 15) is 14.4 Å². The summed E-state index contributed by atoms with van der Waals surface area (Å²) in [4.78, 5) is 47.0. The second-order valence-corrected chi connectivity index (χ2v) is 10.2. The SMILES string of the molecule is CCOC(=O)N1CCN(C(=O)CSc2nc3c(c(=O)n2-c2cc(C)cc(C)c2)SCC3)CC1. The van der Waals surface area contributed by atoms with Gasteiger partial charge < -0.3 is 14.5 Å². The summed E-state index contributed by atoms with van der Waals surface area (Å²) >= 11 is 2.85. The lowest BCUT2D eigenvalue weighted by molar-refractivity contribution is -0.129. The van der Waals surface area contributed by atoms with Crippen LogP contribution in [0.25, 0.3) is 5.69 Å². The fourth-order valence-electron chi connectivity index (χ4n) is 4.07. The van der Waals surface area contributed by atoms with Crippen molar-refractivity contribution in [1.29, 1.82) is 0 Å². The van der Waals surface area contributed by atoms with Gasteiger partial charge in [0.25, 0.3) is 5.56 Å². The first-order valence-corrected chi connectivity index (χ1v) is 13.0. The van der Waals surface area contributed by atoms with Crippen LogP contribution in [-0.2, 0) is 16.0 Å². The lowest BCUT2D eigenvalue weighted by atomic mass is 10.1. The minimum Gasteiger partial charge on any atom is -0.450 e. The Kier molecular flexibility index (Phi) is 7.33. The molecule has 0 spiro atoms. The van der Waals surface area contributed by atoms with Crippen molar-refractivity contribution >= 4 is 35.5 Å². The standard InChI is InChI=1S/C23H28N4O4S2/c1-4-31-23(30)26-8-6-25(7-9-26)19(28)14-33-22-24-18-5-10-32-20(18)21(29)27(22)17-12-15(2)11-16(3)13-17/h11-13H,4-10,14H2,1-3H3. The van der Waals surface area contributed by atoms with Crippen molar-refractivity contribution in [2.75, 3.05) is 44.3 Å². The number of thioether (sulfide) groups is 2. The lowest BCUT2D eigenvalue weighted by Crippen LogP contribution is -2.51. The van der Waals surface area contributed by atoms with E-state index in [4.69, 9.17) is 9.72 Å². The summed E-state index contributed by atoms with van der Waals surface area (Å²) in [5, 5.41) is 0.546. The monoisotopic (exact) mass is 488 g/mol. The molecule has 4 rings (SSSR count). The molecule has 8 nitrogen and oxygen atoms in total. The topological polar surface area (TPSA) is 84.7 Å². The number of fused-ring (bicyclic) bond motifs is 1. The van der Waals surface area contributed by atoms with E-state index in [1.807, 2.05) is 26.0 Å². The Bertz CT molecular complexity index is 1110. The largest absolute Gasteiger partial charge is 0.450 e. The molecule has 33 heavy (non-hydrogen) atoms. The van der Waals surface area contributed by atoms with Crippen molar-refractivity contribution < 1.29 is 14.3 Å². The smallest absolute Gasteiger partial charge is 0.409 e. The first kappa shape index (κ1) is 23.7. The van der Waals surface area contributed by atoms with Gasteiger partial charge in [0.05, 0.1) is 28.6 Å². The highest BCUT2D eigenvalue weighted by atomic mass is 32.2. The van der Waals surface area contributed by atoms with E-state index < -0.39 is 0 Å². The van der Waals surface area contributed by atoms with Gasteiger partial charge >= 0.3 is 6.09 Å². The van der Waals surface area contributed by atoms with Crippen LogP contribution in [0.1, 0.15) is 23.7 Å². The van der Waals surface area contributed by atoms with Gasteiger partial charge in [0, 0.05) is 38.4 Å². The van der Waals surface area contributed by atoms with Crippen LogP contribution < -0.4 is 5.56 Å². The summed E-state index contributed by atoms with van der Waals surface area (Å²) < 4.78 is 6.69. The second kappa shape index (κ2) is 10.2. The zero-order chi connectivity index (χ0) is 23.5. The van der Waals surface area contributed by atoms with Crippen LogP contribution >= 0.6 is 23.5 Å². The number of carbonyl (C=O) groups is 2. The summed E-state index contributed by atoms with van der Waals surface area (Å²) in [5.41, 5.74) is 3.67. The van der Waals surface area contributed by atoms with E-state index >= 15 is 0 Å². The fraction of sp³-hybridized carbons (Fsp3) is 0.478. The van der Waals surface area contributed by atoms with Gasteiger partial charge in [-0.1, -0.05) is 17.8 Å².